The maximum Gasteiger partial charge on any atom is 0.416 e. The van der Waals surface area contributed by atoms with Gasteiger partial charge in [-0.2, -0.15) is 13.2 Å². The fourth-order valence-corrected chi connectivity index (χ4v) is 1.69. The molecule has 0 aliphatic rings. The zero-order valence-electron chi connectivity index (χ0n) is 10.00. The predicted molar refractivity (Wildman–Crippen MR) is 63.1 cm³/mol. The van der Waals surface area contributed by atoms with Gasteiger partial charge in [0, 0.05) is 12.3 Å². The van der Waals surface area contributed by atoms with Crippen LogP contribution in [0, 0.1) is 0 Å². The van der Waals surface area contributed by atoms with Crippen molar-refractivity contribution in [3.63, 3.8) is 0 Å². The van der Waals surface area contributed by atoms with Crippen molar-refractivity contribution in [2.75, 3.05) is 11.9 Å². The number of carbonyl (C=O) groups is 1. The van der Waals surface area contributed by atoms with Crippen LogP contribution in [0.1, 0.15) is 24.0 Å². The van der Waals surface area contributed by atoms with Crippen molar-refractivity contribution >= 4 is 11.8 Å². The quantitative estimate of drug-likeness (QED) is 0.724. The van der Waals surface area contributed by atoms with Gasteiger partial charge in [0.1, 0.15) is 0 Å². The summed E-state index contributed by atoms with van der Waals surface area (Å²) >= 11 is 0. The van der Waals surface area contributed by atoms with E-state index in [1.807, 2.05) is 5.32 Å². The molecule has 1 aromatic rings. The number of hydrogen-bond acceptors (Lipinski definition) is 2. The summed E-state index contributed by atoms with van der Waals surface area (Å²) in [6.45, 7) is -0.0694. The molecule has 0 aromatic heterocycles. The molecule has 0 aliphatic heterocycles. The van der Waals surface area contributed by atoms with Crippen molar-refractivity contribution < 1.29 is 28.2 Å². The fourth-order valence-electron chi connectivity index (χ4n) is 1.69. The molecule has 1 amide bonds. The largest absolute Gasteiger partial charge is 0.465 e. The van der Waals surface area contributed by atoms with Crippen LogP contribution in [0.15, 0.2) is 18.2 Å². The SMILES string of the molecule is O=C(O)Nc1ccc(CCCCO)c(C(F)(F)F)c1. The number of aryl methyl sites for hydroxylation is 1. The monoisotopic (exact) mass is 277 g/mol. The molecule has 0 saturated carbocycles. The first kappa shape index (κ1) is 15.3. The van der Waals surface area contributed by atoms with Gasteiger partial charge in [-0.1, -0.05) is 6.07 Å². The number of alkyl halides is 3. The first-order valence-corrected chi connectivity index (χ1v) is 5.65. The van der Waals surface area contributed by atoms with Gasteiger partial charge in [0.2, 0.25) is 0 Å². The second kappa shape index (κ2) is 6.42. The van der Waals surface area contributed by atoms with E-state index in [-0.39, 0.29) is 24.3 Å². The molecule has 1 rings (SSSR count). The zero-order valence-corrected chi connectivity index (χ0v) is 10.00. The predicted octanol–water partition coefficient (Wildman–Crippen LogP) is 3.11. The van der Waals surface area contributed by atoms with Gasteiger partial charge in [-0.25, -0.2) is 4.79 Å². The molecule has 0 spiro atoms. The highest BCUT2D eigenvalue weighted by Crippen LogP contribution is 2.34. The molecule has 7 heteroatoms. The summed E-state index contributed by atoms with van der Waals surface area (Å²) in [5.41, 5.74) is -0.876. The minimum atomic E-state index is -4.54. The highest BCUT2D eigenvalue weighted by molar-refractivity contribution is 5.83. The third-order valence-corrected chi connectivity index (χ3v) is 2.52. The number of aliphatic hydroxyl groups excluding tert-OH is 1. The van der Waals surface area contributed by atoms with E-state index in [4.69, 9.17) is 10.2 Å². The van der Waals surface area contributed by atoms with Crippen LogP contribution in [0.2, 0.25) is 0 Å². The van der Waals surface area contributed by atoms with Crippen LogP contribution in [-0.2, 0) is 12.6 Å². The van der Waals surface area contributed by atoms with Crippen molar-refractivity contribution in [2.45, 2.75) is 25.4 Å². The second-order valence-corrected chi connectivity index (χ2v) is 3.98. The maximum atomic E-state index is 12.9. The van der Waals surface area contributed by atoms with Crippen LogP contribution in [-0.4, -0.2) is 22.9 Å². The van der Waals surface area contributed by atoms with Crippen LogP contribution < -0.4 is 5.32 Å². The molecular formula is C12H14F3NO3. The third-order valence-electron chi connectivity index (χ3n) is 2.52. The normalized spacial score (nSPS) is 11.4. The lowest BCUT2D eigenvalue weighted by atomic mass is 10.0. The number of halogens is 3. The van der Waals surface area contributed by atoms with Crippen LogP contribution in [0.4, 0.5) is 23.7 Å². The van der Waals surface area contributed by atoms with Gasteiger partial charge in [0.15, 0.2) is 0 Å². The summed E-state index contributed by atoms with van der Waals surface area (Å²) in [6.07, 6.45) is -4.91. The lowest BCUT2D eigenvalue weighted by Crippen LogP contribution is -2.12. The number of hydrogen-bond donors (Lipinski definition) is 3. The smallest absolute Gasteiger partial charge is 0.416 e. The van der Waals surface area contributed by atoms with Crippen molar-refractivity contribution in [1.29, 1.82) is 0 Å². The zero-order chi connectivity index (χ0) is 14.5. The molecule has 0 atom stereocenters. The Morgan fingerprint density at radius 3 is 2.47 bits per heavy atom. The summed E-state index contributed by atoms with van der Waals surface area (Å²) in [5.74, 6) is 0. The molecule has 0 aliphatic carbocycles. The highest BCUT2D eigenvalue weighted by atomic mass is 19.4. The lowest BCUT2D eigenvalue weighted by molar-refractivity contribution is -0.138. The molecule has 19 heavy (non-hydrogen) atoms. The minimum absolute atomic E-state index is 0.0694. The summed E-state index contributed by atoms with van der Waals surface area (Å²) in [6, 6.07) is 3.32. The van der Waals surface area contributed by atoms with E-state index in [2.05, 4.69) is 0 Å². The third kappa shape index (κ3) is 4.78. The molecular weight excluding hydrogens is 263 g/mol. The standard InChI is InChI=1S/C12H14F3NO3/c13-12(14,15)10-7-9(16-11(18)19)5-4-8(10)3-1-2-6-17/h4-5,7,16-17H,1-3,6H2,(H,18,19). The molecule has 1 aromatic carbocycles. The minimum Gasteiger partial charge on any atom is -0.465 e. The Hall–Kier alpha value is -1.76. The van der Waals surface area contributed by atoms with Crippen molar-refractivity contribution in [3.8, 4) is 0 Å². The summed E-state index contributed by atoms with van der Waals surface area (Å²) in [4.78, 5) is 10.4. The Bertz CT molecular complexity index is 446. The number of carboxylic acid groups (broad SMARTS) is 1. The van der Waals surface area contributed by atoms with Gasteiger partial charge in [-0.15, -0.1) is 0 Å². The topological polar surface area (TPSA) is 69.6 Å². The van der Waals surface area contributed by atoms with Gasteiger partial charge in [-0.05, 0) is 37.0 Å². The first-order valence-electron chi connectivity index (χ1n) is 5.65. The molecule has 0 bridgehead atoms. The van der Waals surface area contributed by atoms with Crippen LogP contribution in [0.5, 0.6) is 0 Å². The number of rotatable bonds is 5. The number of anilines is 1. The van der Waals surface area contributed by atoms with E-state index in [0.29, 0.717) is 12.8 Å². The van der Waals surface area contributed by atoms with E-state index < -0.39 is 17.8 Å². The number of aliphatic hydroxyl groups is 1. The maximum absolute atomic E-state index is 12.9. The van der Waals surface area contributed by atoms with E-state index in [1.54, 1.807) is 0 Å². The van der Waals surface area contributed by atoms with E-state index in [1.165, 1.54) is 12.1 Å². The number of amides is 1. The van der Waals surface area contributed by atoms with Gasteiger partial charge in [-0.3, -0.25) is 5.32 Å². The molecule has 0 fully saturated rings. The Morgan fingerprint density at radius 2 is 1.95 bits per heavy atom. The number of nitrogens with one attached hydrogen (secondary N) is 1. The van der Waals surface area contributed by atoms with E-state index in [0.717, 1.165) is 6.07 Å². The van der Waals surface area contributed by atoms with Gasteiger partial charge >= 0.3 is 12.3 Å². The average molecular weight is 277 g/mol. The lowest BCUT2D eigenvalue weighted by Gasteiger charge is -2.14. The summed E-state index contributed by atoms with van der Waals surface area (Å²) in [7, 11) is 0. The highest BCUT2D eigenvalue weighted by Gasteiger charge is 2.33. The molecule has 3 N–H and O–H groups in total. The molecule has 0 radical (unpaired) electrons. The second-order valence-electron chi connectivity index (χ2n) is 3.98. The Labute approximate surface area is 107 Å². The van der Waals surface area contributed by atoms with Gasteiger partial charge in [0.25, 0.3) is 0 Å². The molecule has 4 nitrogen and oxygen atoms in total. The average Bonchev–Trinajstić information content (AvgIpc) is 2.29. The van der Waals surface area contributed by atoms with Crippen LogP contribution in [0.25, 0.3) is 0 Å². The van der Waals surface area contributed by atoms with E-state index in [9.17, 15) is 18.0 Å². The molecule has 0 heterocycles. The Balaban J connectivity index is 2.99. The van der Waals surface area contributed by atoms with Gasteiger partial charge in [0.05, 0.1) is 5.56 Å². The van der Waals surface area contributed by atoms with Gasteiger partial charge < -0.3 is 10.2 Å². The summed E-state index contributed by atoms with van der Waals surface area (Å²) < 4.78 is 38.6. The number of benzene rings is 1. The Morgan fingerprint density at radius 1 is 1.26 bits per heavy atom. The van der Waals surface area contributed by atoms with Crippen LogP contribution in [0.3, 0.4) is 0 Å². The Kier molecular flexibility index (Phi) is 5.17. The van der Waals surface area contributed by atoms with Crippen molar-refractivity contribution in [3.05, 3.63) is 29.3 Å². The molecule has 106 valence electrons. The molecule has 0 unspecified atom stereocenters. The first-order chi connectivity index (χ1) is 8.84. The van der Waals surface area contributed by atoms with E-state index >= 15 is 0 Å². The van der Waals surface area contributed by atoms with Crippen molar-refractivity contribution in [2.24, 2.45) is 0 Å². The van der Waals surface area contributed by atoms with Crippen LogP contribution >= 0.6 is 0 Å². The fraction of sp³-hybridized carbons (Fsp3) is 0.417. The molecule has 0 saturated heterocycles. The number of unbranched alkanes of at least 4 members (excludes halogenated alkanes) is 1. The van der Waals surface area contributed by atoms with Crippen molar-refractivity contribution in [1.82, 2.24) is 0 Å². The summed E-state index contributed by atoms with van der Waals surface area (Å²) in [5, 5.41) is 19.0.